The molecule has 1 fully saturated rings. The van der Waals surface area contributed by atoms with Crippen molar-refractivity contribution in [2.75, 3.05) is 26.2 Å². The van der Waals surface area contributed by atoms with E-state index < -0.39 is 28.9 Å². The third kappa shape index (κ3) is 3.69. The number of hydrogen-bond acceptors (Lipinski definition) is 2. The van der Waals surface area contributed by atoms with Crippen molar-refractivity contribution in [2.45, 2.75) is 13.0 Å². The van der Waals surface area contributed by atoms with Crippen molar-refractivity contribution in [1.82, 2.24) is 9.80 Å². The number of rotatable bonds is 3. The van der Waals surface area contributed by atoms with Gasteiger partial charge in [-0.3, -0.25) is 9.69 Å². The van der Waals surface area contributed by atoms with Crippen LogP contribution >= 0.6 is 0 Å². The monoisotopic (exact) mass is 348 g/mol. The number of carbonyl (C=O) groups is 1. The Morgan fingerprint density at radius 2 is 1.52 bits per heavy atom. The third-order valence-electron chi connectivity index (χ3n) is 4.67. The van der Waals surface area contributed by atoms with Crippen LogP contribution in [0.15, 0.2) is 42.5 Å². The quantitative estimate of drug-likeness (QED) is 0.791. The van der Waals surface area contributed by atoms with Gasteiger partial charge in [0.05, 0.1) is 5.56 Å². The molecule has 1 unspecified atom stereocenters. The lowest BCUT2D eigenvalue weighted by Crippen LogP contribution is -2.49. The molecule has 25 heavy (non-hydrogen) atoms. The molecule has 0 bridgehead atoms. The largest absolute Gasteiger partial charge is 0.336 e. The smallest absolute Gasteiger partial charge is 0.257 e. The highest BCUT2D eigenvalue weighted by Crippen LogP contribution is 2.22. The molecule has 132 valence electrons. The average Bonchev–Trinajstić information content (AvgIpc) is 2.64. The van der Waals surface area contributed by atoms with E-state index in [1.807, 2.05) is 18.2 Å². The van der Waals surface area contributed by atoms with Gasteiger partial charge in [-0.1, -0.05) is 30.3 Å². The number of hydrogen-bond donors (Lipinski definition) is 0. The molecule has 0 N–H and O–H groups in total. The first kappa shape index (κ1) is 17.5. The number of halogens is 3. The Morgan fingerprint density at radius 1 is 0.920 bits per heavy atom. The molecule has 1 aliphatic rings. The Balaban J connectivity index is 1.66. The third-order valence-corrected chi connectivity index (χ3v) is 4.67. The Labute approximate surface area is 144 Å². The zero-order chi connectivity index (χ0) is 18.0. The van der Waals surface area contributed by atoms with Crippen molar-refractivity contribution in [3.05, 3.63) is 71.0 Å². The van der Waals surface area contributed by atoms with Crippen LogP contribution in [0.25, 0.3) is 0 Å². The Bertz CT molecular complexity index is 759. The second-order valence-corrected chi connectivity index (χ2v) is 6.16. The predicted molar refractivity (Wildman–Crippen MR) is 88.6 cm³/mol. The van der Waals surface area contributed by atoms with Crippen LogP contribution in [0.2, 0.25) is 0 Å². The first-order chi connectivity index (χ1) is 12.0. The standard InChI is InChI=1S/C19H19F3N2O/c1-13(14-5-3-2-4-6-14)23-7-9-24(10-8-23)19(25)15-11-17(21)18(22)12-16(15)20/h2-6,11-13H,7-10H2,1H3. The van der Waals surface area contributed by atoms with Crippen LogP contribution in [0, 0.1) is 17.5 Å². The first-order valence-electron chi connectivity index (χ1n) is 8.20. The molecule has 0 aromatic heterocycles. The number of amides is 1. The number of carbonyl (C=O) groups excluding carboxylic acids is 1. The zero-order valence-electron chi connectivity index (χ0n) is 13.9. The van der Waals surface area contributed by atoms with E-state index in [2.05, 4.69) is 24.0 Å². The summed E-state index contributed by atoms with van der Waals surface area (Å²) in [6.07, 6.45) is 0. The summed E-state index contributed by atoms with van der Waals surface area (Å²) in [5.74, 6) is -4.16. The van der Waals surface area contributed by atoms with E-state index in [4.69, 9.17) is 0 Å². The minimum Gasteiger partial charge on any atom is -0.336 e. The maximum atomic E-state index is 13.8. The van der Waals surface area contributed by atoms with Gasteiger partial charge in [0.25, 0.3) is 5.91 Å². The molecular weight excluding hydrogens is 329 g/mol. The van der Waals surface area contributed by atoms with Gasteiger partial charge in [-0.05, 0) is 18.6 Å². The molecule has 1 aliphatic heterocycles. The molecule has 6 heteroatoms. The van der Waals surface area contributed by atoms with Crippen LogP contribution in [0.5, 0.6) is 0 Å². The van der Waals surface area contributed by atoms with Crippen LogP contribution in [0.4, 0.5) is 13.2 Å². The summed E-state index contributed by atoms with van der Waals surface area (Å²) in [4.78, 5) is 16.1. The van der Waals surface area contributed by atoms with Gasteiger partial charge >= 0.3 is 0 Å². The van der Waals surface area contributed by atoms with Gasteiger partial charge in [-0.2, -0.15) is 0 Å². The fraction of sp³-hybridized carbons (Fsp3) is 0.316. The van der Waals surface area contributed by atoms with Gasteiger partial charge in [-0.15, -0.1) is 0 Å². The minimum atomic E-state index is -1.30. The molecule has 0 radical (unpaired) electrons. The van der Waals surface area contributed by atoms with Gasteiger partial charge in [0.1, 0.15) is 5.82 Å². The molecule has 1 saturated heterocycles. The van der Waals surface area contributed by atoms with Gasteiger partial charge in [0, 0.05) is 38.3 Å². The lowest BCUT2D eigenvalue weighted by molar-refractivity contribution is 0.0577. The molecular formula is C19H19F3N2O. The van der Waals surface area contributed by atoms with E-state index in [1.165, 1.54) is 10.5 Å². The van der Waals surface area contributed by atoms with Gasteiger partial charge < -0.3 is 4.90 Å². The summed E-state index contributed by atoms with van der Waals surface area (Å²) in [7, 11) is 0. The number of nitrogens with zero attached hydrogens (tertiary/aromatic N) is 2. The molecule has 3 nitrogen and oxygen atoms in total. The van der Waals surface area contributed by atoms with Crippen LogP contribution in [0.3, 0.4) is 0 Å². The van der Waals surface area contributed by atoms with Crippen molar-refractivity contribution in [1.29, 1.82) is 0 Å². The second kappa shape index (κ2) is 7.27. The minimum absolute atomic E-state index is 0.207. The van der Waals surface area contributed by atoms with Crippen LogP contribution in [-0.4, -0.2) is 41.9 Å². The van der Waals surface area contributed by atoms with Crippen molar-refractivity contribution >= 4 is 5.91 Å². The summed E-state index contributed by atoms with van der Waals surface area (Å²) >= 11 is 0. The van der Waals surface area contributed by atoms with Gasteiger partial charge in [-0.25, -0.2) is 13.2 Å². The topological polar surface area (TPSA) is 23.6 Å². The first-order valence-corrected chi connectivity index (χ1v) is 8.20. The Morgan fingerprint density at radius 3 is 2.16 bits per heavy atom. The van der Waals surface area contributed by atoms with E-state index in [0.717, 1.165) is 0 Å². The number of benzene rings is 2. The molecule has 0 saturated carbocycles. The van der Waals surface area contributed by atoms with Gasteiger partial charge in [0.2, 0.25) is 0 Å². The van der Waals surface area contributed by atoms with E-state index in [1.54, 1.807) is 0 Å². The predicted octanol–water partition coefficient (Wildman–Crippen LogP) is 3.62. The highest BCUT2D eigenvalue weighted by Gasteiger charge is 2.27. The Hall–Kier alpha value is -2.34. The van der Waals surface area contributed by atoms with Crippen molar-refractivity contribution in [3.8, 4) is 0 Å². The van der Waals surface area contributed by atoms with Crippen molar-refractivity contribution in [2.24, 2.45) is 0 Å². The number of piperazine rings is 1. The summed E-state index contributed by atoms with van der Waals surface area (Å²) in [6.45, 7) is 4.19. The van der Waals surface area contributed by atoms with E-state index >= 15 is 0 Å². The SMILES string of the molecule is CC(c1ccccc1)N1CCN(C(=O)c2cc(F)c(F)cc2F)CC1. The maximum Gasteiger partial charge on any atom is 0.257 e. The summed E-state index contributed by atoms with van der Waals surface area (Å²) in [5.41, 5.74) is 0.761. The lowest BCUT2D eigenvalue weighted by Gasteiger charge is -2.38. The molecule has 0 spiro atoms. The molecule has 3 rings (SSSR count). The van der Waals surface area contributed by atoms with Crippen LogP contribution < -0.4 is 0 Å². The Kier molecular flexibility index (Phi) is 5.08. The van der Waals surface area contributed by atoms with Crippen molar-refractivity contribution in [3.63, 3.8) is 0 Å². The van der Waals surface area contributed by atoms with Crippen molar-refractivity contribution < 1.29 is 18.0 Å². The lowest BCUT2D eigenvalue weighted by atomic mass is 10.1. The molecule has 2 aromatic rings. The summed E-state index contributed by atoms with van der Waals surface area (Å²) in [6, 6.07) is 11.3. The maximum absolute atomic E-state index is 13.8. The highest BCUT2D eigenvalue weighted by atomic mass is 19.2. The molecule has 1 heterocycles. The second-order valence-electron chi connectivity index (χ2n) is 6.16. The molecule has 1 atom stereocenters. The normalized spacial score (nSPS) is 16.7. The summed E-state index contributed by atoms with van der Waals surface area (Å²) in [5, 5.41) is 0. The zero-order valence-corrected chi connectivity index (χ0v) is 13.9. The molecule has 0 aliphatic carbocycles. The van der Waals surface area contributed by atoms with Gasteiger partial charge in [0.15, 0.2) is 11.6 Å². The van der Waals surface area contributed by atoms with E-state index in [0.29, 0.717) is 38.3 Å². The van der Waals surface area contributed by atoms with Crippen LogP contribution in [0.1, 0.15) is 28.9 Å². The fourth-order valence-corrected chi connectivity index (χ4v) is 3.11. The summed E-state index contributed by atoms with van der Waals surface area (Å²) < 4.78 is 40.1. The average molecular weight is 348 g/mol. The molecule has 1 amide bonds. The van der Waals surface area contributed by atoms with E-state index in [9.17, 15) is 18.0 Å². The highest BCUT2D eigenvalue weighted by molar-refractivity contribution is 5.94. The van der Waals surface area contributed by atoms with Crippen LogP contribution in [-0.2, 0) is 0 Å². The molecule has 2 aromatic carbocycles. The fourth-order valence-electron chi connectivity index (χ4n) is 3.11. The van der Waals surface area contributed by atoms with E-state index in [-0.39, 0.29) is 6.04 Å².